The van der Waals surface area contributed by atoms with Crippen LogP contribution in [0.3, 0.4) is 0 Å². The van der Waals surface area contributed by atoms with Crippen molar-refractivity contribution < 1.29 is 14.3 Å². The number of hydrogen-bond donors (Lipinski definition) is 1. The Hall–Kier alpha value is -1.71. The summed E-state index contributed by atoms with van der Waals surface area (Å²) in [5.74, 6) is 0.506. The van der Waals surface area contributed by atoms with Gasteiger partial charge in [0.1, 0.15) is 6.26 Å². The number of allylic oxidation sites excluding steroid dienone is 3. The Morgan fingerprint density at radius 2 is 2.41 bits per heavy atom. The Balaban J connectivity index is 2.11. The third-order valence-electron chi connectivity index (χ3n) is 2.18. The van der Waals surface area contributed by atoms with Gasteiger partial charge in [0.15, 0.2) is 5.76 Å². The molecular weight excluding hydrogens is 218 g/mol. The molecule has 17 heavy (non-hydrogen) atoms. The molecule has 4 heteroatoms. The van der Waals surface area contributed by atoms with E-state index in [4.69, 9.17) is 9.47 Å². The molecule has 0 aliphatic carbocycles. The molecule has 1 aliphatic heterocycles. The normalized spacial score (nSPS) is 14.8. The predicted octanol–water partition coefficient (Wildman–Crippen LogP) is 2.25. The second-order valence-electron chi connectivity index (χ2n) is 3.66. The molecule has 0 atom stereocenters. The summed E-state index contributed by atoms with van der Waals surface area (Å²) in [6.45, 7) is 2.75. The molecule has 0 radical (unpaired) electrons. The minimum absolute atomic E-state index is 0.137. The van der Waals surface area contributed by atoms with E-state index in [2.05, 4.69) is 18.3 Å². The summed E-state index contributed by atoms with van der Waals surface area (Å²) in [5.41, 5.74) is 0. The number of hydrogen-bond acceptors (Lipinski definition) is 3. The van der Waals surface area contributed by atoms with Crippen molar-refractivity contribution in [3.05, 3.63) is 36.3 Å². The number of rotatable bonds is 7. The molecule has 1 N–H and O–H groups in total. The first kappa shape index (κ1) is 13.4. The van der Waals surface area contributed by atoms with Gasteiger partial charge in [-0.05, 0) is 6.42 Å². The van der Waals surface area contributed by atoms with Crippen molar-refractivity contribution in [2.75, 3.05) is 13.3 Å². The van der Waals surface area contributed by atoms with Crippen LogP contribution < -0.4 is 5.32 Å². The summed E-state index contributed by atoms with van der Waals surface area (Å²) in [6.07, 6.45) is 12.1. The zero-order valence-corrected chi connectivity index (χ0v) is 10.1. The maximum Gasteiger partial charge on any atom is 0.244 e. The Bertz CT molecular complexity index is 319. The molecule has 1 rings (SSSR count). The molecule has 0 saturated heterocycles. The van der Waals surface area contributed by atoms with Crippen LogP contribution in [0.15, 0.2) is 36.3 Å². The van der Waals surface area contributed by atoms with Crippen LogP contribution in [0, 0.1) is 0 Å². The van der Waals surface area contributed by atoms with Gasteiger partial charge >= 0.3 is 0 Å². The van der Waals surface area contributed by atoms with Crippen LogP contribution in [-0.4, -0.2) is 19.2 Å². The summed E-state index contributed by atoms with van der Waals surface area (Å²) >= 11 is 0. The lowest BCUT2D eigenvalue weighted by atomic mass is 10.2. The van der Waals surface area contributed by atoms with E-state index in [1.54, 1.807) is 6.08 Å². The van der Waals surface area contributed by atoms with Gasteiger partial charge < -0.3 is 14.8 Å². The predicted molar refractivity (Wildman–Crippen MR) is 65.9 cm³/mol. The van der Waals surface area contributed by atoms with E-state index in [-0.39, 0.29) is 12.7 Å². The van der Waals surface area contributed by atoms with E-state index in [1.807, 2.05) is 6.08 Å². The number of unbranched alkanes of at least 4 members (excludes halogenated alkanes) is 2. The average Bonchev–Trinajstić information content (AvgIpc) is 2.84. The number of carbonyl (C=O) groups excluding carboxylic acids is 1. The minimum Gasteiger partial charge on any atom is -0.462 e. The van der Waals surface area contributed by atoms with Gasteiger partial charge in [0.05, 0.1) is 6.54 Å². The molecule has 1 heterocycles. The molecule has 1 amide bonds. The first-order chi connectivity index (χ1) is 8.33. The Morgan fingerprint density at radius 1 is 1.53 bits per heavy atom. The maximum absolute atomic E-state index is 11.3. The highest BCUT2D eigenvalue weighted by molar-refractivity contribution is 5.87. The second kappa shape index (κ2) is 8.44. The molecule has 94 valence electrons. The third kappa shape index (κ3) is 6.45. The summed E-state index contributed by atoms with van der Waals surface area (Å²) in [6, 6.07) is 0. The molecular formula is C13H19NO3. The quantitative estimate of drug-likeness (QED) is 0.419. The fourth-order valence-electron chi connectivity index (χ4n) is 1.24. The number of nitrogens with one attached hydrogen (secondary N) is 1. The van der Waals surface area contributed by atoms with Crippen LogP contribution in [-0.2, 0) is 14.3 Å². The van der Waals surface area contributed by atoms with Gasteiger partial charge in [-0.15, -0.1) is 0 Å². The van der Waals surface area contributed by atoms with Gasteiger partial charge in [0.2, 0.25) is 12.7 Å². The topological polar surface area (TPSA) is 47.6 Å². The molecule has 0 fully saturated rings. The molecule has 0 saturated carbocycles. The number of amides is 1. The molecule has 0 unspecified atom stereocenters. The van der Waals surface area contributed by atoms with Crippen molar-refractivity contribution in [3.63, 3.8) is 0 Å². The average molecular weight is 237 g/mol. The van der Waals surface area contributed by atoms with Gasteiger partial charge in [-0.3, -0.25) is 4.79 Å². The molecule has 0 aromatic heterocycles. The van der Waals surface area contributed by atoms with Crippen LogP contribution >= 0.6 is 0 Å². The molecule has 0 spiro atoms. The first-order valence-corrected chi connectivity index (χ1v) is 5.87. The first-order valence-electron chi connectivity index (χ1n) is 5.87. The smallest absolute Gasteiger partial charge is 0.244 e. The van der Waals surface area contributed by atoms with E-state index < -0.39 is 0 Å². The van der Waals surface area contributed by atoms with Crippen LogP contribution in [0.2, 0.25) is 0 Å². The largest absolute Gasteiger partial charge is 0.462 e. The Labute approximate surface area is 102 Å². The van der Waals surface area contributed by atoms with Gasteiger partial charge in [-0.1, -0.05) is 38.0 Å². The van der Waals surface area contributed by atoms with Crippen LogP contribution in [0.5, 0.6) is 0 Å². The summed E-state index contributed by atoms with van der Waals surface area (Å²) in [5, 5.41) is 2.69. The summed E-state index contributed by atoms with van der Waals surface area (Å²) in [4.78, 5) is 11.3. The monoisotopic (exact) mass is 237 g/mol. The van der Waals surface area contributed by atoms with E-state index in [9.17, 15) is 4.79 Å². The fraction of sp³-hybridized carbons (Fsp3) is 0.462. The minimum atomic E-state index is -0.137. The molecule has 4 nitrogen and oxygen atoms in total. The lowest BCUT2D eigenvalue weighted by molar-refractivity contribution is -0.116. The Morgan fingerprint density at radius 3 is 3.12 bits per heavy atom. The number of carbonyl (C=O) groups is 1. The second-order valence-corrected chi connectivity index (χ2v) is 3.66. The highest BCUT2D eigenvalue weighted by Crippen LogP contribution is 2.03. The van der Waals surface area contributed by atoms with Gasteiger partial charge in [-0.25, -0.2) is 0 Å². The van der Waals surface area contributed by atoms with Crippen molar-refractivity contribution in [1.82, 2.24) is 5.32 Å². The van der Waals surface area contributed by atoms with E-state index >= 15 is 0 Å². The molecule has 1 aliphatic rings. The third-order valence-corrected chi connectivity index (χ3v) is 2.18. The number of ether oxygens (including phenoxy) is 2. The van der Waals surface area contributed by atoms with Gasteiger partial charge in [0, 0.05) is 6.08 Å². The SMILES string of the molecule is CCCC/C=C/C=C/C(=O)NCC1=COCO1. The zero-order chi connectivity index (χ0) is 12.3. The van der Waals surface area contributed by atoms with Gasteiger partial charge in [-0.2, -0.15) is 0 Å². The van der Waals surface area contributed by atoms with Crippen molar-refractivity contribution in [1.29, 1.82) is 0 Å². The molecule has 0 aromatic rings. The van der Waals surface area contributed by atoms with Gasteiger partial charge in [0.25, 0.3) is 0 Å². The summed E-state index contributed by atoms with van der Waals surface area (Å²) in [7, 11) is 0. The Kier molecular flexibility index (Phi) is 6.63. The van der Waals surface area contributed by atoms with Crippen molar-refractivity contribution in [3.8, 4) is 0 Å². The fourth-order valence-corrected chi connectivity index (χ4v) is 1.24. The lowest BCUT2D eigenvalue weighted by Gasteiger charge is -2.01. The maximum atomic E-state index is 11.3. The summed E-state index contributed by atoms with van der Waals surface area (Å²) < 4.78 is 9.92. The molecule has 0 bridgehead atoms. The van der Waals surface area contributed by atoms with Crippen LogP contribution in [0.1, 0.15) is 26.2 Å². The van der Waals surface area contributed by atoms with Crippen LogP contribution in [0.4, 0.5) is 0 Å². The zero-order valence-electron chi connectivity index (χ0n) is 10.1. The van der Waals surface area contributed by atoms with E-state index in [0.29, 0.717) is 12.3 Å². The highest BCUT2D eigenvalue weighted by Gasteiger charge is 2.06. The van der Waals surface area contributed by atoms with E-state index in [0.717, 1.165) is 6.42 Å². The highest BCUT2D eigenvalue weighted by atomic mass is 16.7. The molecule has 0 aromatic carbocycles. The standard InChI is InChI=1S/C13H19NO3/c1-2-3-4-5-6-7-8-13(15)14-9-12-10-16-11-17-12/h5-8,10H,2-4,9,11H2,1H3,(H,14,15)/b6-5+,8-7+. The van der Waals surface area contributed by atoms with E-state index in [1.165, 1.54) is 25.2 Å². The van der Waals surface area contributed by atoms with Crippen molar-refractivity contribution >= 4 is 5.91 Å². The van der Waals surface area contributed by atoms with Crippen molar-refractivity contribution in [2.45, 2.75) is 26.2 Å². The van der Waals surface area contributed by atoms with Crippen molar-refractivity contribution in [2.24, 2.45) is 0 Å². The van der Waals surface area contributed by atoms with Crippen LogP contribution in [0.25, 0.3) is 0 Å². The lowest BCUT2D eigenvalue weighted by Crippen LogP contribution is -2.23.